The van der Waals surface area contributed by atoms with Crippen LogP contribution in [0.4, 0.5) is 0 Å². The molecular weight excluding hydrogens is 316 g/mol. The third-order valence-corrected chi connectivity index (χ3v) is 3.59. The number of nitrogens with one attached hydrogen (secondary N) is 1. The van der Waals surface area contributed by atoms with Gasteiger partial charge in [0.1, 0.15) is 0 Å². The van der Waals surface area contributed by atoms with Crippen LogP contribution in [0.5, 0.6) is 5.88 Å². The second kappa shape index (κ2) is 8.10. The Morgan fingerprint density at radius 3 is 2.84 bits per heavy atom. The smallest absolute Gasteiger partial charge is 0.226 e. The lowest BCUT2D eigenvalue weighted by Crippen LogP contribution is -2.24. The van der Waals surface area contributed by atoms with Crippen LogP contribution in [0.25, 0.3) is 5.69 Å². The number of para-hydroxylation sites is 1. The molecule has 3 aromatic rings. The van der Waals surface area contributed by atoms with E-state index >= 15 is 0 Å². The van der Waals surface area contributed by atoms with Gasteiger partial charge >= 0.3 is 0 Å². The lowest BCUT2D eigenvalue weighted by atomic mass is 10.2. The SMILES string of the molecule is CCOc1cc(CNC(=O)Cc2ccn(-c3ccccc3)n2)ccn1. The molecule has 2 heterocycles. The number of hydrogen-bond acceptors (Lipinski definition) is 4. The molecule has 0 saturated carbocycles. The first kappa shape index (κ1) is 16.7. The van der Waals surface area contributed by atoms with Crippen molar-refractivity contribution in [2.45, 2.75) is 19.9 Å². The summed E-state index contributed by atoms with van der Waals surface area (Å²) >= 11 is 0. The predicted molar refractivity (Wildman–Crippen MR) is 94.5 cm³/mol. The van der Waals surface area contributed by atoms with Crippen LogP contribution in [0.1, 0.15) is 18.2 Å². The molecule has 2 aromatic heterocycles. The van der Waals surface area contributed by atoms with Crippen molar-refractivity contribution in [3.05, 3.63) is 72.2 Å². The molecule has 0 unspecified atom stereocenters. The van der Waals surface area contributed by atoms with Crippen molar-refractivity contribution in [3.63, 3.8) is 0 Å². The van der Waals surface area contributed by atoms with Gasteiger partial charge in [-0.3, -0.25) is 4.79 Å². The van der Waals surface area contributed by atoms with Crippen LogP contribution < -0.4 is 10.1 Å². The summed E-state index contributed by atoms with van der Waals surface area (Å²) in [5.74, 6) is 0.490. The normalized spacial score (nSPS) is 10.4. The van der Waals surface area contributed by atoms with Gasteiger partial charge in [0, 0.05) is 25.0 Å². The maximum absolute atomic E-state index is 12.1. The quantitative estimate of drug-likeness (QED) is 0.720. The molecule has 1 amide bonds. The average Bonchev–Trinajstić information content (AvgIpc) is 3.10. The van der Waals surface area contributed by atoms with E-state index in [0.29, 0.717) is 19.0 Å². The number of nitrogens with zero attached hydrogens (tertiary/aromatic N) is 3. The highest BCUT2D eigenvalue weighted by molar-refractivity contribution is 5.78. The zero-order valence-electron chi connectivity index (χ0n) is 14.1. The standard InChI is InChI=1S/C19H20N4O2/c1-2-25-19-12-15(8-10-20-19)14-21-18(24)13-16-9-11-23(22-16)17-6-4-3-5-7-17/h3-12H,2,13-14H2,1H3,(H,21,24). The van der Waals surface area contributed by atoms with E-state index in [-0.39, 0.29) is 12.3 Å². The average molecular weight is 336 g/mol. The van der Waals surface area contributed by atoms with Gasteiger partial charge in [-0.05, 0) is 36.8 Å². The Balaban J connectivity index is 1.55. The van der Waals surface area contributed by atoms with Crippen LogP contribution in [-0.2, 0) is 17.8 Å². The third-order valence-electron chi connectivity index (χ3n) is 3.59. The van der Waals surface area contributed by atoms with Crippen LogP contribution >= 0.6 is 0 Å². The molecule has 0 bridgehead atoms. The van der Waals surface area contributed by atoms with Gasteiger partial charge in [0.15, 0.2) is 0 Å². The van der Waals surface area contributed by atoms with Gasteiger partial charge in [0.25, 0.3) is 0 Å². The van der Waals surface area contributed by atoms with Crippen molar-refractivity contribution in [2.75, 3.05) is 6.61 Å². The first-order chi connectivity index (χ1) is 12.2. The Kier molecular flexibility index (Phi) is 5.41. The Morgan fingerprint density at radius 2 is 2.04 bits per heavy atom. The molecule has 0 aliphatic carbocycles. The summed E-state index contributed by atoms with van der Waals surface area (Å²) in [6.45, 7) is 2.90. The Bertz CT molecular complexity index is 830. The number of carbonyl (C=O) groups is 1. The first-order valence-electron chi connectivity index (χ1n) is 8.19. The van der Waals surface area contributed by atoms with Gasteiger partial charge < -0.3 is 10.1 Å². The maximum Gasteiger partial charge on any atom is 0.226 e. The van der Waals surface area contributed by atoms with Crippen LogP contribution in [0.2, 0.25) is 0 Å². The number of rotatable bonds is 7. The van der Waals surface area contributed by atoms with E-state index in [1.807, 2.05) is 61.7 Å². The van der Waals surface area contributed by atoms with Crippen molar-refractivity contribution in [2.24, 2.45) is 0 Å². The van der Waals surface area contributed by atoms with Crippen molar-refractivity contribution < 1.29 is 9.53 Å². The molecule has 6 heteroatoms. The monoisotopic (exact) mass is 336 g/mol. The van der Waals surface area contributed by atoms with Gasteiger partial charge in [-0.2, -0.15) is 5.10 Å². The number of carbonyl (C=O) groups excluding carboxylic acids is 1. The summed E-state index contributed by atoms with van der Waals surface area (Å²) in [6, 6.07) is 15.3. The summed E-state index contributed by atoms with van der Waals surface area (Å²) in [4.78, 5) is 16.2. The summed E-state index contributed by atoms with van der Waals surface area (Å²) in [5, 5.41) is 7.33. The number of aromatic nitrogens is 3. The lowest BCUT2D eigenvalue weighted by molar-refractivity contribution is -0.120. The number of amides is 1. The highest BCUT2D eigenvalue weighted by atomic mass is 16.5. The van der Waals surface area contributed by atoms with Gasteiger partial charge in [0.05, 0.1) is 24.4 Å². The molecule has 0 aliphatic rings. The largest absolute Gasteiger partial charge is 0.478 e. The minimum atomic E-state index is -0.0758. The summed E-state index contributed by atoms with van der Waals surface area (Å²) in [7, 11) is 0. The van der Waals surface area contributed by atoms with Crippen molar-refractivity contribution in [1.82, 2.24) is 20.1 Å². The Morgan fingerprint density at radius 1 is 1.20 bits per heavy atom. The van der Waals surface area contributed by atoms with Gasteiger partial charge in [0.2, 0.25) is 11.8 Å². The zero-order chi connectivity index (χ0) is 17.5. The third kappa shape index (κ3) is 4.67. The van der Waals surface area contributed by atoms with E-state index in [1.165, 1.54) is 0 Å². The summed E-state index contributed by atoms with van der Waals surface area (Å²) in [5.41, 5.74) is 2.64. The molecule has 3 rings (SSSR count). The highest BCUT2D eigenvalue weighted by Gasteiger charge is 2.07. The van der Waals surface area contributed by atoms with E-state index in [2.05, 4.69) is 15.4 Å². The number of hydrogen-bond donors (Lipinski definition) is 1. The fourth-order valence-corrected chi connectivity index (χ4v) is 2.40. The number of benzene rings is 1. The second-order valence-electron chi connectivity index (χ2n) is 5.48. The van der Waals surface area contributed by atoms with Gasteiger partial charge in [-0.15, -0.1) is 0 Å². The Labute approximate surface area is 146 Å². The maximum atomic E-state index is 12.1. The highest BCUT2D eigenvalue weighted by Crippen LogP contribution is 2.10. The van der Waals surface area contributed by atoms with E-state index in [4.69, 9.17) is 4.74 Å². The lowest BCUT2D eigenvalue weighted by Gasteiger charge is -2.06. The molecule has 1 N–H and O–H groups in total. The molecule has 0 aliphatic heterocycles. The molecule has 0 radical (unpaired) electrons. The van der Waals surface area contributed by atoms with E-state index < -0.39 is 0 Å². The topological polar surface area (TPSA) is 69.0 Å². The minimum Gasteiger partial charge on any atom is -0.478 e. The van der Waals surface area contributed by atoms with Crippen LogP contribution in [-0.4, -0.2) is 27.3 Å². The van der Waals surface area contributed by atoms with Crippen LogP contribution in [0, 0.1) is 0 Å². The fraction of sp³-hybridized carbons (Fsp3) is 0.211. The molecule has 0 fully saturated rings. The number of pyridine rings is 1. The fourth-order valence-electron chi connectivity index (χ4n) is 2.40. The van der Waals surface area contributed by atoms with E-state index in [9.17, 15) is 4.79 Å². The summed E-state index contributed by atoms with van der Waals surface area (Å²) < 4.78 is 7.12. The first-order valence-corrected chi connectivity index (χ1v) is 8.19. The summed E-state index contributed by atoms with van der Waals surface area (Å²) in [6.07, 6.45) is 3.77. The van der Waals surface area contributed by atoms with Crippen LogP contribution in [0.15, 0.2) is 60.9 Å². The van der Waals surface area contributed by atoms with Gasteiger partial charge in [-0.25, -0.2) is 9.67 Å². The molecular formula is C19H20N4O2. The van der Waals surface area contributed by atoms with Gasteiger partial charge in [-0.1, -0.05) is 18.2 Å². The molecule has 6 nitrogen and oxygen atoms in total. The minimum absolute atomic E-state index is 0.0758. The molecule has 0 saturated heterocycles. The molecule has 0 atom stereocenters. The molecule has 128 valence electrons. The zero-order valence-corrected chi connectivity index (χ0v) is 14.1. The van der Waals surface area contributed by atoms with Crippen LogP contribution in [0.3, 0.4) is 0 Å². The second-order valence-corrected chi connectivity index (χ2v) is 5.48. The van der Waals surface area contributed by atoms with Crippen molar-refractivity contribution >= 4 is 5.91 Å². The molecule has 0 spiro atoms. The number of ether oxygens (including phenoxy) is 1. The van der Waals surface area contributed by atoms with Crippen molar-refractivity contribution in [1.29, 1.82) is 0 Å². The van der Waals surface area contributed by atoms with E-state index in [1.54, 1.807) is 10.9 Å². The Hall–Kier alpha value is -3.15. The van der Waals surface area contributed by atoms with E-state index in [0.717, 1.165) is 16.9 Å². The van der Waals surface area contributed by atoms with Crippen molar-refractivity contribution in [3.8, 4) is 11.6 Å². The predicted octanol–water partition coefficient (Wildman–Crippen LogP) is 2.52. The molecule has 25 heavy (non-hydrogen) atoms. The molecule has 1 aromatic carbocycles.